The number of ether oxygens (including phenoxy) is 1. The summed E-state index contributed by atoms with van der Waals surface area (Å²) in [5.41, 5.74) is 5.84. The highest BCUT2D eigenvalue weighted by Crippen LogP contribution is 2.30. The van der Waals surface area contributed by atoms with Gasteiger partial charge in [0.15, 0.2) is 5.78 Å². The predicted molar refractivity (Wildman–Crippen MR) is 100 cm³/mol. The predicted octanol–water partition coefficient (Wildman–Crippen LogP) is 2.75. The number of carboxylic acids is 1. The Morgan fingerprint density at radius 2 is 1.76 bits per heavy atom. The number of aliphatic carboxylic acids is 1. The number of carbonyl (C=O) groups excluding carboxylic acids is 2. The van der Waals surface area contributed by atoms with Gasteiger partial charge < -0.3 is 15.6 Å². The lowest BCUT2D eigenvalue weighted by Crippen LogP contribution is -2.42. The molecule has 0 saturated heterocycles. The fourth-order valence-electron chi connectivity index (χ4n) is 1.88. The number of benzene rings is 1. The van der Waals surface area contributed by atoms with E-state index in [2.05, 4.69) is 37.2 Å². The smallest absolute Gasteiger partial charge is 0.321 e. The summed E-state index contributed by atoms with van der Waals surface area (Å²) < 4.78 is 6.15. The minimum absolute atomic E-state index is 0.304. The molecule has 0 aliphatic rings. The molecule has 0 bridgehead atoms. The summed E-state index contributed by atoms with van der Waals surface area (Å²) in [5, 5.41) is 11.8. The largest absolute Gasteiger partial charge is 0.480 e. The average molecular weight is 480 g/mol. The molecule has 9 heteroatoms. The summed E-state index contributed by atoms with van der Waals surface area (Å²) in [4.78, 5) is 35.4. The molecule has 0 saturated carbocycles. The van der Waals surface area contributed by atoms with Crippen LogP contribution in [0.15, 0.2) is 21.1 Å². The summed E-state index contributed by atoms with van der Waals surface area (Å²) in [7, 11) is 0. The van der Waals surface area contributed by atoms with Crippen LogP contribution < -0.4 is 11.1 Å². The lowest BCUT2D eigenvalue weighted by Gasteiger charge is -2.20. The van der Waals surface area contributed by atoms with Crippen LogP contribution in [0, 0.1) is 0 Å². The summed E-state index contributed by atoms with van der Waals surface area (Å²) >= 11 is 6.48. The molecule has 0 fully saturated rings. The molecule has 1 aromatic rings. The molecule has 0 amide bonds. The number of Topliss-reactive ketones (excluding diaryl/α,β-unsaturated/α-hetero) is 1. The minimum atomic E-state index is -1.23. The van der Waals surface area contributed by atoms with E-state index in [9.17, 15) is 19.5 Å². The second kappa shape index (κ2) is 8.77. The van der Waals surface area contributed by atoms with Crippen LogP contribution in [0.2, 0.25) is 0 Å². The normalized spacial score (nSPS) is 12.5. The zero-order valence-corrected chi connectivity index (χ0v) is 17.2. The molecule has 1 rings (SSSR count). The molecular formula is C16H20Br2N2O5. The molecule has 7 nitrogen and oxygen atoms in total. The van der Waals surface area contributed by atoms with Crippen LogP contribution >= 0.6 is 31.9 Å². The maximum absolute atomic E-state index is 12.3. The number of halogens is 2. The number of nitrogens with two attached hydrogens (primary N) is 1. The van der Waals surface area contributed by atoms with Gasteiger partial charge in [0.2, 0.25) is 0 Å². The first-order chi connectivity index (χ1) is 11.4. The lowest BCUT2D eigenvalue weighted by molar-refractivity contribution is -0.154. The highest BCUT2D eigenvalue weighted by molar-refractivity contribution is 9.11. The molecule has 0 aliphatic heterocycles. The number of nitrogen functional groups attached to an aromatic ring is 1. The average Bonchev–Trinajstić information content (AvgIpc) is 2.46. The molecule has 0 aromatic heterocycles. The fourth-order valence-corrected chi connectivity index (χ4v) is 3.07. The van der Waals surface area contributed by atoms with E-state index in [1.54, 1.807) is 20.8 Å². The Kier molecular flexibility index (Phi) is 7.58. The van der Waals surface area contributed by atoms with E-state index in [0.29, 0.717) is 20.2 Å². The molecule has 1 aromatic carbocycles. The third kappa shape index (κ3) is 7.13. The molecule has 0 aliphatic carbocycles. The van der Waals surface area contributed by atoms with E-state index in [4.69, 9.17) is 10.5 Å². The van der Waals surface area contributed by atoms with E-state index < -0.39 is 29.4 Å². The van der Waals surface area contributed by atoms with Crippen molar-refractivity contribution < 1.29 is 24.2 Å². The Balaban J connectivity index is 2.77. The number of carboxylic acid groups (broad SMARTS) is 1. The Morgan fingerprint density at radius 1 is 1.24 bits per heavy atom. The van der Waals surface area contributed by atoms with Crippen LogP contribution in [-0.4, -0.2) is 41.0 Å². The van der Waals surface area contributed by atoms with Crippen LogP contribution in [0.4, 0.5) is 5.69 Å². The third-order valence-corrected chi connectivity index (χ3v) is 4.31. The quantitative estimate of drug-likeness (QED) is 0.312. The van der Waals surface area contributed by atoms with Gasteiger partial charge in [-0.2, -0.15) is 0 Å². The molecule has 138 valence electrons. The van der Waals surface area contributed by atoms with E-state index in [1.165, 1.54) is 12.1 Å². The van der Waals surface area contributed by atoms with Gasteiger partial charge in [-0.25, -0.2) is 0 Å². The highest BCUT2D eigenvalue weighted by atomic mass is 79.9. The van der Waals surface area contributed by atoms with Crippen molar-refractivity contribution in [3.05, 3.63) is 26.6 Å². The molecule has 4 N–H and O–H groups in total. The lowest BCUT2D eigenvalue weighted by atomic mass is 10.0. The first-order valence-electron chi connectivity index (χ1n) is 7.36. The van der Waals surface area contributed by atoms with Gasteiger partial charge in [0.05, 0.1) is 12.2 Å². The van der Waals surface area contributed by atoms with Crippen molar-refractivity contribution in [2.24, 2.45) is 0 Å². The molecule has 25 heavy (non-hydrogen) atoms. The number of nitrogens with one attached hydrogen (secondary N) is 1. The summed E-state index contributed by atoms with van der Waals surface area (Å²) in [6.07, 6.45) is -0.319. The van der Waals surface area contributed by atoms with Gasteiger partial charge in [-0.15, -0.1) is 0 Å². The Labute approximate surface area is 162 Å². The summed E-state index contributed by atoms with van der Waals surface area (Å²) in [6.45, 7) is 4.82. The number of esters is 1. The standard InChI is InChI=1S/C16H20Br2N2O5/c1-16(2,3)25-13(22)7-20-11(15(23)24)6-12(21)8-4-9(17)14(19)10(18)5-8/h4-5,11,20H,6-7,19H2,1-3H3,(H,23,24). The highest BCUT2D eigenvalue weighted by Gasteiger charge is 2.24. The maximum Gasteiger partial charge on any atom is 0.321 e. The first-order valence-corrected chi connectivity index (χ1v) is 8.95. The van der Waals surface area contributed by atoms with Gasteiger partial charge in [-0.1, -0.05) is 0 Å². The Hall–Kier alpha value is -1.45. The van der Waals surface area contributed by atoms with Crippen LogP contribution in [-0.2, 0) is 14.3 Å². The Morgan fingerprint density at radius 3 is 2.20 bits per heavy atom. The van der Waals surface area contributed by atoms with Crippen LogP contribution in [0.5, 0.6) is 0 Å². The summed E-state index contributed by atoms with van der Waals surface area (Å²) in [6, 6.07) is 1.83. The number of anilines is 1. The van der Waals surface area contributed by atoms with Gasteiger partial charge in [-0.3, -0.25) is 19.7 Å². The van der Waals surface area contributed by atoms with Gasteiger partial charge in [0.25, 0.3) is 0 Å². The SMILES string of the molecule is CC(C)(C)OC(=O)CNC(CC(=O)c1cc(Br)c(N)c(Br)c1)C(=O)O. The van der Waals surface area contributed by atoms with Gasteiger partial charge in [0, 0.05) is 20.9 Å². The van der Waals surface area contributed by atoms with E-state index in [1.807, 2.05) is 0 Å². The number of carbonyl (C=O) groups is 3. The van der Waals surface area contributed by atoms with Gasteiger partial charge >= 0.3 is 11.9 Å². The van der Waals surface area contributed by atoms with Crippen molar-refractivity contribution in [2.45, 2.75) is 38.8 Å². The maximum atomic E-state index is 12.3. The zero-order valence-electron chi connectivity index (χ0n) is 14.1. The number of hydrogen-bond acceptors (Lipinski definition) is 6. The molecule has 0 spiro atoms. The topological polar surface area (TPSA) is 119 Å². The van der Waals surface area contributed by atoms with E-state index >= 15 is 0 Å². The third-order valence-electron chi connectivity index (χ3n) is 3.00. The first kappa shape index (κ1) is 21.6. The fraction of sp³-hybridized carbons (Fsp3) is 0.438. The van der Waals surface area contributed by atoms with E-state index in [-0.39, 0.29) is 13.0 Å². The van der Waals surface area contributed by atoms with Crippen molar-refractivity contribution in [2.75, 3.05) is 12.3 Å². The second-order valence-electron chi connectivity index (χ2n) is 6.34. The number of ketones is 1. The van der Waals surface area contributed by atoms with Crippen LogP contribution in [0.3, 0.4) is 0 Å². The van der Waals surface area contributed by atoms with Crippen LogP contribution in [0.1, 0.15) is 37.6 Å². The van der Waals surface area contributed by atoms with Gasteiger partial charge in [0.1, 0.15) is 11.6 Å². The van der Waals surface area contributed by atoms with Crippen molar-refractivity contribution in [3.63, 3.8) is 0 Å². The Bertz CT molecular complexity index is 663. The van der Waals surface area contributed by atoms with Crippen molar-refractivity contribution in [1.29, 1.82) is 0 Å². The number of rotatable bonds is 7. The molecule has 1 atom stereocenters. The number of hydrogen-bond donors (Lipinski definition) is 3. The second-order valence-corrected chi connectivity index (χ2v) is 8.05. The van der Waals surface area contributed by atoms with Crippen LogP contribution in [0.25, 0.3) is 0 Å². The van der Waals surface area contributed by atoms with E-state index in [0.717, 1.165) is 0 Å². The van der Waals surface area contributed by atoms with Crippen molar-refractivity contribution in [1.82, 2.24) is 5.32 Å². The monoisotopic (exact) mass is 478 g/mol. The zero-order chi connectivity index (χ0) is 19.4. The summed E-state index contributed by atoms with van der Waals surface area (Å²) in [5.74, 6) is -2.22. The molecule has 0 heterocycles. The minimum Gasteiger partial charge on any atom is -0.480 e. The van der Waals surface area contributed by atoms with Crippen molar-refractivity contribution >= 4 is 55.3 Å². The van der Waals surface area contributed by atoms with Gasteiger partial charge in [-0.05, 0) is 64.8 Å². The van der Waals surface area contributed by atoms with Crippen molar-refractivity contribution in [3.8, 4) is 0 Å². The molecular weight excluding hydrogens is 460 g/mol. The molecule has 1 unspecified atom stereocenters. The molecule has 0 radical (unpaired) electrons.